The Kier molecular flexibility index (Phi) is 5.77. The van der Waals surface area contributed by atoms with Gasteiger partial charge >= 0.3 is 6.03 Å². The molecule has 1 aromatic carbocycles. The van der Waals surface area contributed by atoms with Crippen LogP contribution in [0.1, 0.15) is 11.3 Å². The van der Waals surface area contributed by atoms with Crippen molar-refractivity contribution in [3.63, 3.8) is 0 Å². The maximum atomic E-state index is 13.4. The summed E-state index contributed by atoms with van der Waals surface area (Å²) in [5.74, 6) is -0.912. The van der Waals surface area contributed by atoms with E-state index in [0.29, 0.717) is 43.4 Å². The van der Waals surface area contributed by atoms with E-state index in [4.69, 9.17) is 4.74 Å². The fourth-order valence-electron chi connectivity index (χ4n) is 3.13. The van der Waals surface area contributed by atoms with Crippen LogP contribution >= 0.6 is 0 Å². The largest absolute Gasteiger partial charge is 0.480 e. The lowest BCUT2D eigenvalue weighted by molar-refractivity contribution is 0.208. The monoisotopic (exact) mass is 388 g/mol. The predicted molar refractivity (Wildman–Crippen MR) is 105 cm³/mol. The minimum Gasteiger partial charge on any atom is -0.480 e. The number of aromatic nitrogens is 1. The van der Waals surface area contributed by atoms with E-state index in [0.717, 1.165) is 17.3 Å². The first-order chi connectivity index (χ1) is 13.4. The molecule has 148 valence electrons. The number of anilines is 2. The van der Waals surface area contributed by atoms with E-state index in [-0.39, 0.29) is 6.03 Å². The summed E-state index contributed by atoms with van der Waals surface area (Å²) in [4.78, 5) is 20.4. The summed E-state index contributed by atoms with van der Waals surface area (Å²) < 4.78 is 32.1. The summed E-state index contributed by atoms with van der Waals surface area (Å²) in [7, 11) is 1.49. The van der Waals surface area contributed by atoms with Crippen LogP contribution < -0.4 is 15.0 Å². The molecule has 0 radical (unpaired) electrons. The number of carbonyl (C=O) groups is 1. The van der Waals surface area contributed by atoms with Crippen molar-refractivity contribution in [2.45, 2.75) is 6.92 Å². The molecule has 1 aliphatic rings. The first-order valence-electron chi connectivity index (χ1n) is 8.86. The molecule has 2 heterocycles. The second-order valence-corrected chi connectivity index (χ2v) is 6.46. The molecule has 6 nitrogen and oxygen atoms in total. The first-order valence-corrected chi connectivity index (χ1v) is 8.86. The molecular formula is C20H22F2N4O2. The molecule has 1 N–H and O–H groups in total. The first kappa shape index (κ1) is 19.6. The Hall–Kier alpha value is -3.16. The van der Waals surface area contributed by atoms with Gasteiger partial charge in [0, 0.05) is 43.6 Å². The Labute approximate surface area is 162 Å². The number of piperazine rings is 1. The highest BCUT2D eigenvalue weighted by atomic mass is 19.1. The van der Waals surface area contributed by atoms with E-state index in [1.54, 1.807) is 17.0 Å². The fourth-order valence-corrected chi connectivity index (χ4v) is 3.13. The van der Waals surface area contributed by atoms with E-state index in [2.05, 4.69) is 16.9 Å². The molecule has 2 amide bonds. The van der Waals surface area contributed by atoms with E-state index < -0.39 is 11.6 Å². The molecule has 1 saturated heterocycles. The van der Waals surface area contributed by atoms with Gasteiger partial charge in [-0.25, -0.2) is 18.6 Å². The normalized spacial score (nSPS) is 14.0. The van der Waals surface area contributed by atoms with Crippen LogP contribution in [0.2, 0.25) is 0 Å². The minimum absolute atomic E-state index is 0.288. The zero-order valence-electron chi connectivity index (χ0n) is 15.8. The lowest BCUT2D eigenvalue weighted by atomic mass is 10.2. The highest BCUT2D eigenvalue weighted by Gasteiger charge is 2.23. The van der Waals surface area contributed by atoms with Crippen molar-refractivity contribution in [1.29, 1.82) is 0 Å². The van der Waals surface area contributed by atoms with Crippen molar-refractivity contribution in [3.05, 3.63) is 53.7 Å². The number of nitrogens with one attached hydrogen (secondary N) is 1. The number of benzene rings is 1. The van der Waals surface area contributed by atoms with Crippen LogP contribution in [0.25, 0.3) is 6.08 Å². The molecule has 1 aromatic heterocycles. The molecule has 0 spiro atoms. The number of hydrogen-bond donors (Lipinski definition) is 1. The van der Waals surface area contributed by atoms with Crippen LogP contribution in [0.5, 0.6) is 5.88 Å². The third-order valence-electron chi connectivity index (χ3n) is 4.65. The minimum atomic E-state index is -0.618. The molecule has 28 heavy (non-hydrogen) atoms. The summed E-state index contributed by atoms with van der Waals surface area (Å²) in [6.07, 6.45) is 1.66. The molecule has 0 aliphatic carbocycles. The Morgan fingerprint density at radius 3 is 2.39 bits per heavy atom. The number of ether oxygens (including phenoxy) is 1. The van der Waals surface area contributed by atoms with E-state index in [9.17, 15) is 13.6 Å². The third-order valence-corrected chi connectivity index (χ3v) is 4.65. The SMILES string of the molecule is C=Cc1cc(NC(=O)N2CCN(c3cc(F)cc(F)c3)CC2)c(OC)nc1C. The lowest BCUT2D eigenvalue weighted by Crippen LogP contribution is -2.50. The molecule has 1 aliphatic heterocycles. The molecule has 8 heteroatoms. The maximum Gasteiger partial charge on any atom is 0.322 e. The Morgan fingerprint density at radius 2 is 1.82 bits per heavy atom. The van der Waals surface area contributed by atoms with Crippen molar-refractivity contribution in [3.8, 4) is 5.88 Å². The molecule has 1 fully saturated rings. The standard InChI is InChI=1S/C20H22F2N4O2/c1-4-14-9-18(19(28-3)23-13(14)2)24-20(27)26-7-5-25(6-8-26)17-11-15(21)10-16(22)12-17/h4,9-12H,1,5-8H2,2-3H3,(H,24,27). The van der Waals surface area contributed by atoms with E-state index in [1.807, 2.05) is 11.8 Å². The van der Waals surface area contributed by atoms with Gasteiger partial charge in [-0.15, -0.1) is 0 Å². The van der Waals surface area contributed by atoms with Crippen molar-refractivity contribution in [1.82, 2.24) is 9.88 Å². The number of aryl methyl sites for hydroxylation is 1. The second-order valence-electron chi connectivity index (χ2n) is 6.46. The number of rotatable bonds is 4. The summed E-state index contributed by atoms with van der Waals surface area (Å²) in [6.45, 7) is 7.35. The number of methoxy groups -OCH3 is 1. The van der Waals surface area contributed by atoms with Gasteiger partial charge < -0.3 is 19.9 Å². The summed E-state index contributed by atoms with van der Waals surface area (Å²) >= 11 is 0. The van der Waals surface area contributed by atoms with Crippen LogP contribution in [0.3, 0.4) is 0 Å². The number of amides is 2. The van der Waals surface area contributed by atoms with Crippen molar-refractivity contribution in [2.75, 3.05) is 43.5 Å². The quantitative estimate of drug-likeness (QED) is 0.868. The van der Waals surface area contributed by atoms with Crippen molar-refractivity contribution < 1.29 is 18.3 Å². The summed E-state index contributed by atoms with van der Waals surface area (Å²) in [6, 6.07) is 4.90. The van der Waals surface area contributed by atoms with Crippen LogP contribution in [0.15, 0.2) is 30.8 Å². The van der Waals surface area contributed by atoms with Crippen molar-refractivity contribution in [2.24, 2.45) is 0 Å². The Morgan fingerprint density at radius 1 is 1.18 bits per heavy atom. The van der Waals surface area contributed by atoms with E-state index in [1.165, 1.54) is 19.2 Å². The number of halogens is 2. The third kappa shape index (κ3) is 4.21. The summed E-state index contributed by atoms with van der Waals surface area (Å²) in [5.41, 5.74) is 2.48. The molecule has 0 atom stereocenters. The number of pyridine rings is 1. The molecule has 0 bridgehead atoms. The fraction of sp³-hybridized carbons (Fsp3) is 0.300. The number of urea groups is 1. The van der Waals surface area contributed by atoms with Crippen LogP contribution in [-0.2, 0) is 0 Å². The highest BCUT2D eigenvalue weighted by Crippen LogP contribution is 2.26. The van der Waals surface area contributed by atoms with Gasteiger partial charge in [0.1, 0.15) is 17.3 Å². The molecular weight excluding hydrogens is 366 g/mol. The van der Waals surface area contributed by atoms with Gasteiger partial charge in [-0.05, 0) is 30.7 Å². The maximum absolute atomic E-state index is 13.4. The van der Waals surface area contributed by atoms with Crippen LogP contribution in [0, 0.1) is 18.6 Å². The lowest BCUT2D eigenvalue weighted by Gasteiger charge is -2.36. The average molecular weight is 388 g/mol. The molecule has 0 saturated carbocycles. The van der Waals surface area contributed by atoms with Crippen molar-refractivity contribution >= 4 is 23.5 Å². The Balaban J connectivity index is 1.66. The zero-order chi connectivity index (χ0) is 20.3. The zero-order valence-corrected chi connectivity index (χ0v) is 15.8. The summed E-state index contributed by atoms with van der Waals surface area (Å²) in [5, 5.41) is 2.82. The molecule has 3 rings (SSSR count). The number of hydrogen-bond acceptors (Lipinski definition) is 4. The average Bonchev–Trinajstić information content (AvgIpc) is 2.68. The molecule has 0 unspecified atom stereocenters. The van der Waals surface area contributed by atoms with Gasteiger partial charge in [-0.3, -0.25) is 0 Å². The number of carbonyl (C=O) groups excluding carboxylic acids is 1. The van der Waals surface area contributed by atoms with Crippen LogP contribution in [0.4, 0.5) is 25.0 Å². The molecule has 2 aromatic rings. The predicted octanol–water partition coefficient (Wildman–Crippen LogP) is 3.67. The van der Waals surface area contributed by atoms with E-state index >= 15 is 0 Å². The Bertz CT molecular complexity index is 876. The smallest absolute Gasteiger partial charge is 0.322 e. The van der Waals surface area contributed by atoms with Gasteiger partial charge in [0.25, 0.3) is 0 Å². The van der Waals surface area contributed by atoms with Gasteiger partial charge in [0.2, 0.25) is 5.88 Å². The van der Waals surface area contributed by atoms with Crippen LogP contribution in [-0.4, -0.2) is 49.2 Å². The topological polar surface area (TPSA) is 57.7 Å². The van der Waals surface area contributed by atoms with Gasteiger partial charge in [-0.1, -0.05) is 12.7 Å². The van der Waals surface area contributed by atoms with Gasteiger partial charge in [0.15, 0.2) is 0 Å². The number of nitrogens with zero attached hydrogens (tertiary/aromatic N) is 3. The van der Waals surface area contributed by atoms with Gasteiger partial charge in [-0.2, -0.15) is 0 Å². The van der Waals surface area contributed by atoms with Gasteiger partial charge in [0.05, 0.1) is 7.11 Å². The second kappa shape index (κ2) is 8.24. The highest BCUT2D eigenvalue weighted by molar-refractivity contribution is 5.91.